The summed E-state index contributed by atoms with van der Waals surface area (Å²) in [5.74, 6) is 0.976. The van der Waals surface area contributed by atoms with Crippen LogP contribution in [0, 0.1) is 12.8 Å². The highest BCUT2D eigenvalue weighted by Crippen LogP contribution is 2.22. The van der Waals surface area contributed by atoms with Crippen molar-refractivity contribution < 1.29 is 14.6 Å². The smallest absolute Gasteiger partial charge is 0.253 e. The summed E-state index contributed by atoms with van der Waals surface area (Å²) < 4.78 is 5.23. The van der Waals surface area contributed by atoms with Crippen LogP contribution in [-0.4, -0.2) is 42.7 Å². The summed E-state index contributed by atoms with van der Waals surface area (Å²) in [7, 11) is 1.61. The number of carbonyl (C=O) groups excluding carboxylic acids is 1. The van der Waals surface area contributed by atoms with Crippen molar-refractivity contribution in [3.05, 3.63) is 29.3 Å². The Bertz CT molecular complexity index is 445. The van der Waals surface area contributed by atoms with E-state index in [1.165, 1.54) is 0 Å². The highest BCUT2D eigenvalue weighted by molar-refractivity contribution is 5.95. The van der Waals surface area contributed by atoms with Gasteiger partial charge in [0.2, 0.25) is 0 Å². The molecule has 2 rings (SSSR count). The molecule has 1 heterocycles. The third-order valence-corrected chi connectivity index (χ3v) is 3.49. The molecular formula is C14H19NO3. The summed E-state index contributed by atoms with van der Waals surface area (Å²) in [4.78, 5) is 14.1. The zero-order valence-corrected chi connectivity index (χ0v) is 10.8. The van der Waals surface area contributed by atoms with Gasteiger partial charge in [0.15, 0.2) is 0 Å². The minimum absolute atomic E-state index is 0.0178. The van der Waals surface area contributed by atoms with Crippen molar-refractivity contribution in [3.8, 4) is 5.75 Å². The molecule has 0 aromatic heterocycles. The van der Waals surface area contributed by atoms with Gasteiger partial charge in [-0.25, -0.2) is 0 Å². The van der Waals surface area contributed by atoms with Crippen molar-refractivity contribution in [2.24, 2.45) is 5.92 Å². The first kappa shape index (κ1) is 12.9. The number of hydrogen-bond acceptors (Lipinski definition) is 3. The minimum Gasteiger partial charge on any atom is -0.496 e. The van der Waals surface area contributed by atoms with E-state index in [1.54, 1.807) is 18.1 Å². The van der Waals surface area contributed by atoms with Crippen LogP contribution in [0.2, 0.25) is 0 Å². The lowest BCUT2D eigenvalue weighted by Gasteiger charge is -2.17. The van der Waals surface area contributed by atoms with Gasteiger partial charge in [-0.05, 0) is 31.0 Å². The standard InChI is InChI=1S/C14H19NO3/c1-10-3-4-12(7-13(10)18-2)14(17)15-6-5-11(8-15)9-16/h3-4,7,11,16H,5-6,8-9H2,1-2H3. The maximum atomic E-state index is 12.3. The van der Waals surface area contributed by atoms with Crippen molar-refractivity contribution in [2.75, 3.05) is 26.8 Å². The molecule has 98 valence electrons. The normalized spacial score (nSPS) is 19.1. The molecule has 1 aliphatic rings. The Morgan fingerprint density at radius 1 is 1.56 bits per heavy atom. The Labute approximate surface area is 107 Å². The predicted octanol–water partition coefficient (Wildman–Crippen LogP) is 1.46. The van der Waals surface area contributed by atoms with E-state index >= 15 is 0 Å². The van der Waals surface area contributed by atoms with E-state index in [1.807, 2.05) is 19.1 Å². The van der Waals surface area contributed by atoms with E-state index < -0.39 is 0 Å². The SMILES string of the molecule is COc1cc(C(=O)N2CCC(CO)C2)ccc1C. The fourth-order valence-electron chi connectivity index (χ4n) is 2.30. The molecular weight excluding hydrogens is 230 g/mol. The minimum atomic E-state index is 0.0178. The number of likely N-dealkylation sites (tertiary alicyclic amines) is 1. The van der Waals surface area contributed by atoms with Crippen LogP contribution >= 0.6 is 0 Å². The van der Waals surface area contributed by atoms with Crippen molar-refractivity contribution >= 4 is 5.91 Å². The molecule has 0 aliphatic carbocycles. The first-order chi connectivity index (χ1) is 8.65. The quantitative estimate of drug-likeness (QED) is 0.882. The van der Waals surface area contributed by atoms with Gasteiger partial charge in [-0.2, -0.15) is 0 Å². The fourth-order valence-corrected chi connectivity index (χ4v) is 2.30. The number of aliphatic hydroxyl groups is 1. The topological polar surface area (TPSA) is 49.8 Å². The largest absolute Gasteiger partial charge is 0.496 e. The van der Waals surface area contributed by atoms with E-state index in [4.69, 9.17) is 9.84 Å². The molecule has 4 nitrogen and oxygen atoms in total. The van der Waals surface area contributed by atoms with Gasteiger partial charge < -0.3 is 14.7 Å². The molecule has 1 aliphatic heterocycles. The van der Waals surface area contributed by atoms with Crippen LogP contribution in [0.5, 0.6) is 5.75 Å². The van der Waals surface area contributed by atoms with E-state index in [9.17, 15) is 4.79 Å². The van der Waals surface area contributed by atoms with Crippen molar-refractivity contribution in [1.82, 2.24) is 4.90 Å². The number of aryl methyl sites for hydroxylation is 1. The first-order valence-corrected chi connectivity index (χ1v) is 6.20. The van der Waals surface area contributed by atoms with Gasteiger partial charge in [-0.15, -0.1) is 0 Å². The number of benzene rings is 1. The number of nitrogens with zero attached hydrogens (tertiary/aromatic N) is 1. The number of ether oxygens (including phenoxy) is 1. The van der Waals surface area contributed by atoms with Crippen LogP contribution in [0.15, 0.2) is 18.2 Å². The predicted molar refractivity (Wildman–Crippen MR) is 68.8 cm³/mol. The van der Waals surface area contributed by atoms with Gasteiger partial charge in [0.05, 0.1) is 7.11 Å². The molecule has 1 amide bonds. The summed E-state index contributed by atoms with van der Waals surface area (Å²) >= 11 is 0. The fraction of sp³-hybridized carbons (Fsp3) is 0.500. The Kier molecular flexibility index (Phi) is 3.87. The monoisotopic (exact) mass is 249 g/mol. The van der Waals surface area contributed by atoms with Crippen molar-refractivity contribution in [2.45, 2.75) is 13.3 Å². The zero-order valence-electron chi connectivity index (χ0n) is 10.8. The average Bonchev–Trinajstić information content (AvgIpc) is 2.87. The highest BCUT2D eigenvalue weighted by atomic mass is 16.5. The Morgan fingerprint density at radius 3 is 2.94 bits per heavy atom. The molecule has 0 saturated carbocycles. The summed E-state index contributed by atoms with van der Waals surface area (Å²) in [6, 6.07) is 5.50. The van der Waals surface area contributed by atoms with Gasteiger partial charge >= 0.3 is 0 Å². The van der Waals surface area contributed by atoms with E-state index in [2.05, 4.69) is 0 Å². The van der Waals surface area contributed by atoms with Gasteiger partial charge in [0.25, 0.3) is 5.91 Å². The van der Waals surface area contributed by atoms with Gasteiger partial charge in [-0.1, -0.05) is 6.07 Å². The van der Waals surface area contributed by atoms with Crippen LogP contribution in [-0.2, 0) is 0 Å². The molecule has 1 fully saturated rings. The van der Waals surface area contributed by atoms with E-state index in [-0.39, 0.29) is 18.4 Å². The maximum Gasteiger partial charge on any atom is 0.253 e. The summed E-state index contributed by atoms with van der Waals surface area (Å²) in [5, 5.41) is 9.10. The van der Waals surface area contributed by atoms with Crippen molar-refractivity contribution in [3.63, 3.8) is 0 Å². The number of carbonyl (C=O) groups is 1. The second kappa shape index (κ2) is 5.40. The number of rotatable bonds is 3. The lowest BCUT2D eigenvalue weighted by atomic mass is 10.1. The molecule has 0 bridgehead atoms. The molecule has 0 radical (unpaired) electrons. The summed E-state index contributed by atoms with van der Waals surface area (Å²) in [6.07, 6.45) is 0.880. The molecule has 0 spiro atoms. The molecule has 1 saturated heterocycles. The third-order valence-electron chi connectivity index (χ3n) is 3.49. The molecule has 1 atom stereocenters. The molecule has 18 heavy (non-hydrogen) atoms. The van der Waals surface area contributed by atoms with Crippen LogP contribution in [0.1, 0.15) is 22.3 Å². The number of hydrogen-bond donors (Lipinski definition) is 1. The lowest BCUT2D eigenvalue weighted by Crippen LogP contribution is -2.29. The number of methoxy groups -OCH3 is 1. The van der Waals surface area contributed by atoms with Crippen LogP contribution < -0.4 is 4.74 Å². The first-order valence-electron chi connectivity index (χ1n) is 6.20. The Balaban J connectivity index is 2.14. The molecule has 4 heteroatoms. The maximum absolute atomic E-state index is 12.3. The van der Waals surface area contributed by atoms with Crippen molar-refractivity contribution in [1.29, 1.82) is 0 Å². The summed E-state index contributed by atoms with van der Waals surface area (Å²) in [5.41, 5.74) is 1.67. The van der Waals surface area contributed by atoms with Gasteiger partial charge in [-0.3, -0.25) is 4.79 Å². The molecule has 1 unspecified atom stereocenters. The van der Waals surface area contributed by atoms with Gasteiger partial charge in [0.1, 0.15) is 5.75 Å². The van der Waals surface area contributed by atoms with Gasteiger partial charge in [0, 0.05) is 31.2 Å². The second-order valence-electron chi connectivity index (χ2n) is 4.77. The molecule has 1 aromatic carbocycles. The van der Waals surface area contributed by atoms with Crippen LogP contribution in [0.3, 0.4) is 0 Å². The van der Waals surface area contributed by atoms with E-state index in [0.29, 0.717) is 12.1 Å². The lowest BCUT2D eigenvalue weighted by molar-refractivity contribution is 0.0781. The summed E-state index contributed by atoms with van der Waals surface area (Å²) in [6.45, 7) is 3.47. The average molecular weight is 249 g/mol. The highest BCUT2D eigenvalue weighted by Gasteiger charge is 2.26. The molecule has 1 N–H and O–H groups in total. The van der Waals surface area contributed by atoms with Crippen LogP contribution in [0.4, 0.5) is 0 Å². The second-order valence-corrected chi connectivity index (χ2v) is 4.77. The molecule has 1 aromatic rings. The van der Waals surface area contributed by atoms with E-state index in [0.717, 1.165) is 24.3 Å². The number of aliphatic hydroxyl groups excluding tert-OH is 1. The Morgan fingerprint density at radius 2 is 2.33 bits per heavy atom. The number of amides is 1. The van der Waals surface area contributed by atoms with Crippen LogP contribution in [0.25, 0.3) is 0 Å². The zero-order chi connectivity index (χ0) is 13.1. The third kappa shape index (κ3) is 2.48. The Hall–Kier alpha value is -1.55.